The minimum Gasteiger partial charge on any atom is -0.351 e. The molecule has 4 rings (SSSR count). The lowest BCUT2D eigenvalue weighted by Gasteiger charge is -2.40. The number of hydrogen-bond donors (Lipinski definition) is 1. The molecule has 2 heterocycles. The molecule has 1 fully saturated rings. The smallest absolute Gasteiger partial charge is 0.212 e. The maximum Gasteiger partial charge on any atom is 0.212 e. The van der Waals surface area contributed by atoms with Crippen LogP contribution in [0.4, 0.5) is 15.9 Å². The number of piperazine rings is 1. The van der Waals surface area contributed by atoms with E-state index in [9.17, 15) is 14.4 Å². The van der Waals surface area contributed by atoms with Crippen molar-refractivity contribution in [2.45, 2.75) is 32.7 Å². The molecule has 0 saturated carbocycles. The first-order chi connectivity index (χ1) is 18.2. The van der Waals surface area contributed by atoms with Crippen molar-refractivity contribution < 1.29 is 9.18 Å². The first-order valence-electron chi connectivity index (χ1n) is 12.5. The molecule has 38 heavy (non-hydrogen) atoms. The molecule has 1 aliphatic heterocycles. The highest BCUT2D eigenvalue weighted by atomic mass is 35.5. The van der Waals surface area contributed by atoms with Crippen LogP contribution in [0.25, 0.3) is 11.3 Å². The monoisotopic (exact) mass is 532 g/mol. The van der Waals surface area contributed by atoms with E-state index in [1.54, 1.807) is 30.3 Å². The fourth-order valence-electron chi connectivity index (χ4n) is 4.75. The molecular formula is C29H30ClFN6O. The van der Waals surface area contributed by atoms with Crippen molar-refractivity contribution in [1.29, 1.82) is 5.26 Å². The summed E-state index contributed by atoms with van der Waals surface area (Å²) < 4.78 is 14.6. The van der Waals surface area contributed by atoms with Gasteiger partial charge < -0.3 is 15.1 Å². The first kappa shape index (κ1) is 27.2. The molecule has 1 N–H and O–H groups in total. The molecule has 1 aliphatic rings. The van der Waals surface area contributed by atoms with Crippen LogP contribution in [-0.4, -0.2) is 59.8 Å². The average Bonchev–Trinajstić information content (AvgIpc) is 2.89. The average molecular weight is 533 g/mol. The summed E-state index contributed by atoms with van der Waals surface area (Å²) in [6.45, 7) is 8.45. The van der Waals surface area contributed by atoms with Gasteiger partial charge in [-0.2, -0.15) is 5.26 Å². The molecule has 0 radical (unpaired) electrons. The van der Waals surface area contributed by atoms with E-state index in [2.05, 4.69) is 54.0 Å². The van der Waals surface area contributed by atoms with E-state index in [0.29, 0.717) is 35.6 Å². The largest absolute Gasteiger partial charge is 0.351 e. The molecule has 1 atom stereocenters. The quantitative estimate of drug-likeness (QED) is 0.246. The number of amidine groups is 1. The number of para-hydroxylation sites is 1. The summed E-state index contributed by atoms with van der Waals surface area (Å²) >= 11 is 6.71. The van der Waals surface area contributed by atoms with Crippen molar-refractivity contribution in [3.05, 3.63) is 76.1 Å². The van der Waals surface area contributed by atoms with Gasteiger partial charge in [0, 0.05) is 31.2 Å². The molecule has 9 heteroatoms. The summed E-state index contributed by atoms with van der Waals surface area (Å²) in [5, 5.41) is 12.8. The van der Waals surface area contributed by atoms with Gasteiger partial charge >= 0.3 is 0 Å². The second-order valence-corrected chi connectivity index (χ2v) is 10.1. The van der Waals surface area contributed by atoms with E-state index in [4.69, 9.17) is 16.6 Å². The summed E-state index contributed by atoms with van der Waals surface area (Å²) in [5.41, 5.74) is 2.86. The Morgan fingerprint density at radius 3 is 2.68 bits per heavy atom. The van der Waals surface area contributed by atoms with Gasteiger partial charge in [0.05, 0.1) is 27.5 Å². The minimum absolute atomic E-state index is 0.0679. The number of nitrogens with zero attached hydrogens (tertiary/aromatic N) is 5. The van der Waals surface area contributed by atoms with Crippen LogP contribution in [0.2, 0.25) is 5.02 Å². The second-order valence-electron chi connectivity index (χ2n) is 9.71. The highest BCUT2D eigenvalue weighted by molar-refractivity contribution is 6.33. The van der Waals surface area contributed by atoms with Gasteiger partial charge in [-0.1, -0.05) is 49.7 Å². The van der Waals surface area contributed by atoms with E-state index in [-0.39, 0.29) is 34.1 Å². The van der Waals surface area contributed by atoms with Gasteiger partial charge in [-0.05, 0) is 49.7 Å². The van der Waals surface area contributed by atoms with Crippen LogP contribution in [0.5, 0.6) is 0 Å². The topological polar surface area (TPSA) is 84.6 Å². The Bertz CT molecular complexity index is 1420. The molecule has 1 aromatic heterocycles. The number of benzene rings is 2. The van der Waals surface area contributed by atoms with Crippen molar-refractivity contribution in [2.24, 2.45) is 4.99 Å². The summed E-state index contributed by atoms with van der Waals surface area (Å²) in [5.74, 6) is 0.380. The normalized spacial score (nSPS) is 16.4. The van der Waals surface area contributed by atoms with Gasteiger partial charge in [-0.15, -0.1) is 0 Å². The second kappa shape index (κ2) is 11.7. The van der Waals surface area contributed by atoms with E-state index >= 15 is 0 Å². The zero-order chi connectivity index (χ0) is 27.4. The van der Waals surface area contributed by atoms with Crippen molar-refractivity contribution in [1.82, 2.24) is 14.8 Å². The number of carbonyl (C=O) groups is 1. The molecular weight excluding hydrogens is 503 g/mol. The standard InChI is InChI=1S/C29H30ClFN6O/c1-18(2)21-10-7-8-20(15-32)26(21)35-29(37-13-12-36(4)16-19(37)3)23-14-24(30)27(34-28(23)33-17-38)22-9-5-6-11-25(22)31/h5-11,14,17-19H,12-13,16H2,1-4H3,(H,33,34,38)/b35-29+. The molecule has 1 amide bonds. The van der Waals surface area contributed by atoms with E-state index in [0.717, 1.165) is 18.7 Å². The third-order valence-electron chi connectivity index (χ3n) is 6.67. The van der Waals surface area contributed by atoms with Crippen LogP contribution < -0.4 is 5.32 Å². The zero-order valence-electron chi connectivity index (χ0n) is 21.9. The van der Waals surface area contributed by atoms with Gasteiger partial charge in [0.1, 0.15) is 23.5 Å². The molecule has 196 valence electrons. The Labute approximate surface area is 227 Å². The highest BCUT2D eigenvalue weighted by Crippen LogP contribution is 2.35. The number of carbonyl (C=O) groups excluding carboxylic acids is 1. The van der Waals surface area contributed by atoms with Crippen LogP contribution >= 0.6 is 11.6 Å². The lowest BCUT2D eigenvalue weighted by Crippen LogP contribution is -2.53. The lowest BCUT2D eigenvalue weighted by atomic mass is 9.98. The van der Waals surface area contributed by atoms with Crippen molar-refractivity contribution >= 4 is 35.4 Å². The molecule has 2 aromatic carbocycles. The number of nitrogens with one attached hydrogen (secondary N) is 1. The van der Waals surface area contributed by atoms with Crippen LogP contribution in [0, 0.1) is 17.1 Å². The number of pyridine rings is 1. The SMILES string of the molecule is CC(C)c1cccc(C#N)c1/N=C(\c1cc(Cl)c(-c2ccccc2F)nc1NC=O)N1CCN(C)CC1C. The number of likely N-dealkylation sites (N-methyl/N-ethyl adjacent to an activating group) is 1. The van der Waals surface area contributed by atoms with Crippen molar-refractivity contribution in [3.63, 3.8) is 0 Å². The predicted molar refractivity (Wildman–Crippen MR) is 149 cm³/mol. The number of hydrogen-bond acceptors (Lipinski definition) is 5. The Hall–Kier alpha value is -3.80. The minimum atomic E-state index is -0.474. The number of halogens is 2. The molecule has 7 nitrogen and oxygen atoms in total. The first-order valence-corrected chi connectivity index (χ1v) is 12.9. The number of anilines is 1. The third-order valence-corrected chi connectivity index (χ3v) is 6.96. The predicted octanol–water partition coefficient (Wildman–Crippen LogP) is 5.82. The number of aromatic nitrogens is 1. The van der Waals surface area contributed by atoms with Gasteiger partial charge in [-0.3, -0.25) is 4.79 Å². The Morgan fingerprint density at radius 1 is 1.26 bits per heavy atom. The zero-order valence-corrected chi connectivity index (χ0v) is 22.6. The van der Waals surface area contributed by atoms with Crippen molar-refractivity contribution in [2.75, 3.05) is 32.0 Å². The van der Waals surface area contributed by atoms with Gasteiger partial charge in [0.15, 0.2) is 0 Å². The summed E-state index contributed by atoms with van der Waals surface area (Å²) in [6.07, 6.45) is 0.526. The number of amides is 1. The fraction of sp³-hybridized carbons (Fsp3) is 0.310. The fourth-order valence-corrected chi connectivity index (χ4v) is 5.00. The van der Waals surface area contributed by atoms with Gasteiger partial charge in [-0.25, -0.2) is 14.4 Å². The Balaban J connectivity index is 2.00. The lowest BCUT2D eigenvalue weighted by molar-refractivity contribution is -0.105. The van der Waals surface area contributed by atoms with E-state index in [1.807, 2.05) is 12.1 Å². The third kappa shape index (κ3) is 5.54. The number of rotatable bonds is 6. The molecule has 0 aliphatic carbocycles. The maximum absolute atomic E-state index is 14.6. The number of nitriles is 1. The van der Waals surface area contributed by atoms with Crippen molar-refractivity contribution in [3.8, 4) is 17.3 Å². The molecule has 0 bridgehead atoms. The Kier molecular flexibility index (Phi) is 8.40. The van der Waals surface area contributed by atoms with Crippen LogP contribution in [0.3, 0.4) is 0 Å². The number of aliphatic imine (C=N–C) groups is 1. The summed E-state index contributed by atoms with van der Waals surface area (Å²) in [6, 6.07) is 15.8. The Morgan fingerprint density at radius 2 is 2.03 bits per heavy atom. The van der Waals surface area contributed by atoms with Gasteiger partial charge in [0.2, 0.25) is 6.41 Å². The molecule has 1 saturated heterocycles. The van der Waals surface area contributed by atoms with Crippen LogP contribution in [0.15, 0.2) is 53.5 Å². The molecule has 1 unspecified atom stereocenters. The van der Waals surface area contributed by atoms with Gasteiger partial charge in [0.25, 0.3) is 0 Å². The summed E-state index contributed by atoms with van der Waals surface area (Å²) in [4.78, 5) is 25.7. The van der Waals surface area contributed by atoms with E-state index < -0.39 is 5.82 Å². The summed E-state index contributed by atoms with van der Waals surface area (Å²) in [7, 11) is 2.06. The maximum atomic E-state index is 14.6. The van der Waals surface area contributed by atoms with Crippen LogP contribution in [-0.2, 0) is 4.79 Å². The highest BCUT2D eigenvalue weighted by Gasteiger charge is 2.29. The van der Waals surface area contributed by atoms with Crippen LogP contribution in [0.1, 0.15) is 43.4 Å². The molecule has 3 aromatic rings. The van der Waals surface area contributed by atoms with E-state index in [1.165, 1.54) is 6.07 Å². The molecule has 0 spiro atoms.